The average Bonchev–Trinajstić information content (AvgIpc) is 3.23. The molecule has 3 amide bonds. The minimum Gasteiger partial charge on any atom is -0.494 e. The molecule has 1 heterocycles. The summed E-state index contributed by atoms with van der Waals surface area (Å²) in [7, 11) is 0. The number of nitrogens with one attached hydrogen (secondary N) is 3. The Labute approximate surface area is 185 Å². The van der Waals surface area contributed by atoms with Gasteiger partial charge in [-0.05, 0) is 62.7 Å². The molecule has 7 nitrogen and oxygen atoms in total. The Bertz CT molecular complexity index is 1010. The second-order valence-electron chi connectivity index (χ2n) is 7.13. The molecule has 31 heavy (non-hydrogen) atoms. The summed E-state index contributed by atoms with van der Waals surface area (Å²) in [6.45, 7) is 6.72. The molecule has 0 unspecified atom stereocenters. The minimum absolute atomic E-state index is 0.0650. The van der Waals surface area contributed by atoms with Crippen molar-refractivity contribution in [1.82, 2.24) is 15.6 Å². The van der Waals surface area contributed by atoms with Crippen LogP contribution in [-0.4, -0.2) is 29.6 Å². The van der Waals surface area contributed by atoms with Crippen LogP contribution < -0.4 is 20.7 Å². The molecule has 0 saturated heterocycles. The highest BCUT2D eigenvalue weighted by Gasteiger charge is 2.12. The van der Waals surface area contributed by atoms with Crippen molar-refractivity contribution in [3.05, 3.63) is 65.2 Å². The number of hydrogen-bond acceptors (Lipinski definition) is 5. The molecular weight excluding hydrogens is 412 g/mol. The van der Waals surface area contributed by atoms with E-state index in [0.717, 1.165) is 21.9 Å². The van der Waals surface area contributed by atoms with Crippen LogP contribution in [0.1, 0.15) is 36.8 Å². The summed E-state index contributed by atoms with van der Waals surface area (Å²) in [6, 6.07) is 14.8. The Morgan fingerprint density at radius 3 is 2.42 bits per heavy atom. The molecule has 0 aliphatic carbocycles. The van der Waals surface area contributed by atoms with Crippen LogP contribution in [0, 0.1) is 0 Å². The zero-order valence-electron chi connectivity index (χ0n) is 17.8. The minimum atomic E-state index is -0.247. The monoisotopic (exact) mass is 438 g/mol. The first-order chi connectivity index (χ1) is 14.9. The Morgan fingerprint density at radius 1 is 1.06 bits per heavy atom. The lowest BCUT2D eigenvalue weighted by Gasteiger charge is -2.10. The molecule has 2 aromatic carbocycles. The van der Waals surface area contributed by atoms with Gasteiger partial charge >= 0.3 is 6.03 Å². The predicted molar refractivity (Wildman–Crippen MR) is 124 cm³/mol. The summed E-state index contributed by atoms with van der Waals surface area (Å²) >= 11 is 1.42. The van der Waals surface area contributed by atoms with Crippen LogP contribution in [0.2, 0.25) is 0 Å². The van der Waals surface area contributed by atoms with Gasteiger partial charge in [0.2, 0.25) is 0 Å². The number of aromatic nitrogens is 1. The van der Waals surface area contributed by atoms with Crippen molar-refractivity contribution in [2.75, 3.05) is 11.9 Å². The van der Waals surface area contributed by atoms with Gasteiger partial charge in [0.05, 0.1) is 6.61 Å². The highest BCUT2D eigenvalue weighted by molar-refractivity contribution is 7.13. The molecule has 0 aliphatic heterocycles. The summed E-state index contributed by atoms with van der Waals surface area (Å²) in [6.07, 6.45) is 0. The molecule has 3 aromatic rings. The Morgan fingerprint density at radius 2 is 1.77 bits per heavy atom. The standard InChI is InChI=1S/C23H26N4O3S/c1-4-30-19-11-7-17(8-12-19)22-27-20(14-31-22)21(28)24-13-16-5-9-18(10-6-16)26-23(29)25-15(2)3/h5-12,14-15H,4,13H2,1-3H3,(H,24,28)(H2,25,26,29). The Kier molecular flexibility index (Phi) is 7.61. The molecule has 0 spiro atoms. The van der Waals surface area contributed by atoms with Crippen LogP contribution in [0.4, 0.5) is 10.5 Å². The van der Waals surface area contributed by atoms with Gasteiger partial charge in [-0.1, -0.05) is 12.1 Å². The number of hydrogen-bond donors (Lipinski definition) is 3. The third-order valence-corrected chi connectivity index (χ3v) is 5.13. The summed E-state index contributed by atoms with van der Waals surface area (Å²) in [5, 5.41) is 10.9. The lowest BCUT2D eigenvalue weighted by Crippen LogP contribution is -2.34. The molecule has 3 rings (SSSR count). The van der Waals surface area contributed by atoms with Crippen LogP contribution in [0.3, 0.4) is 0 Å². The van der Waals surface area contributed by atoms with Gasteiger partial charge in [0.25, 0.3) is 5.91 Å². The average molecular weight is 439 g/mol. The first-order valence-corrected chi connectivity index (χ1v) is 11.0. The quantitative estimate of drug-likeness (QED) is 0.477. The molecule has 0 saturated carbocycles. The first-order valence-electron chi connectivity index (χ1n) is 10.1. The van der Waals surface area contributed by atoms with Gasteiger partial charge in [0.1, 0.15) is 16.5 Å². The number of nitrogens with zero attached hydrogens (tertiary/aromatic N) is 1. The number of carbonyl (C=O) groups excluding carboxylic acids is 2. The number of amides is 3. The Hall–Kier alpha value is -3.39. The second-order valence-corrected chi connectivity index (χ2v) is 7.99. The normalized spacial score (nSPS) is 10.6. The van der Waals surface area contributed by atoms with Crippen molar-refractivity contribution < 1.29 is 14.3 Å². The van der Waals surface area contributed by atoms with Crippen LogP contribution in [0.15, 0.2) is 53.9 Å². The fourth-order valence-corrected chi connectivity index (χ4v) is 3.59. The van der Waals surface area contributed by atoms with Crippen LogP contribution in [0.25, 0.3) is 10.6 Å². The number of thiazole rings is 1. The molecule has 1 aromatic heterocycles. The van der Waals surface area contributed by atoms with Gasteiger partial charge < -0.3 is 20.7 Å². The molecule has 0 aliphatic rings. The van der Waals surface area contributed by atoms with Crippen molar-refractivity contribution >= 4 is 29.0 Å². The van der Waals surface area contributed by atoms with Gasteiger partial charge in [-0.2, -0.15) is 0 Å². The van der Waals surface area contributed by atoms with Gasteiger partial charge in [-0.25, -0.2) is 9.78 Å². The molecule has 8 heteroatoms. The lowest BCUT2D eigenvalue weighted by molar-refractivity contribution is 0.0946. The molecule has 162 valence electrons. The summed E-state index contributed by atoms with van der Waals surface area (Å²) in [5.74, 6) is 0.578. The van der Waals surface area contributed by atoms with E-state index in [0.29, 0.717) is 24.5 Å². The number of benzene rings is 2. The van der Waals surface area contributed by atoms with Crippen molar-refractivity contribution in [2.24, 2.45) is 0 Å². The third-order valence-electron chi connectivity index (χ3n) is 4.23. The highest BCUT2D eigenvalue weighted by atomic mass is 32.1. The zero-order valence-corrected chi connectivity index (χ0v) is 18.6. The van der Waals surface area contributed by atoms with E-state index in [9.17, 15) is 9.59 Å². The zero-order chi connectivity index (χ0) is 22.2. The van der Waals surface area contributed by atoms with Gasteiger partial charge in [0.15, 0.2) is 0 Å². The highest BCUT2D eigenvalue weighted by Crippen LogP contribution is 2.25. The van der Waals surface area contributed by atoms with Crippen LogP contribution >= 0.6 is 11.3 Å². The smallest absolute Gasteiger partial charge is 0.319 e. The molecule has 3 N–H and O–H groups in total. The van der Waals surface area contributed by atoms with Crippen LogP contribution in [0.5, 0.6) is 5.75 Å². The summed E-state index contributed by atoms with van der Waals surface area (Å²) < 4.78 is 5.45. The van der Waals surface area contributed by atoms with E-state index >= 15 is 0 Å². The number of anilines is 1. The van der Waals surface area contributed by atoms with E-state index in [-0.39, 0.29) is 18.0 Å². The third kappa shape index (κ3) is 6.55. The van der Waals surface area contributed by atoms with E-state index in [2.05, 4.69) is 20.9 Å². The van der Waals surface area contributed by atoms with E-state index in [4.69, 9.17) is 4.74 Å². The number of rotatable bonds is 8. The van der Waals surface area contributed by atoms with Crippen molar-refractivity contribution in [3.8, 4) is 16.3 Å². The number of carbonyl (C=O) groups is 2. The SMILES string of the molecule is CCOc1ccc(-c2nc(C(=O)NCc3ccc(NC(=O)NC(C)C)cc3)cs2)cc1. The van der Waals surface area contributed by atoms with E-state index in [1.165, 1.54) is 11.3 Å². The van der Waals surface area contributed by atoms with Crippen molar-refractivity contribution in [2.45, 2.75) is 33.4 Å². The molecule has 0 bridgehead atoms. The molecule has 0 fully saturated rings. The first kappa shape index (κ1) is 22.3. The summed E-state index contributed by atoms with van der Waals surface area (Å²) in [4.78, 5) is 28.7. The lowest BCUT2D eigenvalue weighted by atomic mass is 10.2. The number of urea groups is 1. The summed E-state index contributed by atoms with van der Waals surface area (Å²) in [5.41, 5.74) is 2.94. The fourth-order valence-electron chi connectivity index (χ4n) is 2.78. The largest absolute Gasteiger partial charge is 0.494 e. The maximum atomic E-state index is 12.5. The Balaban J connectivity index is 1.53. The van der Waals surface area contributed by atoms with E-state index < -0.39 is 0 Å². The van der Waals surface area contributed by atoms with Crippen LogP contribution in [-0.2, 0) is 6.54 Å². The maximum absolute atomic E-state index is 12.5. The van der Waals surface area contributed by atoms with E-state index in [1.807, 2.05) is 57.2 Å². The van der Waals surface area contributed by atoms with Crippen molar-refractivity contribution in [1.29, 1.82) is 0 Å². The molecule has 0 radical (unpaired) electrons. The van der Waals surface area contributed by atoms with E-state index in [1.54, 1.807) is 17.5 Å². The second kappa shape index (κ2) is 10.6. The molecule has 0 atom stereocenters. The van der Waals surface area contributed by atoms with Gasteiger partial charge in [0, 0.05) is 29.2 Å². The van der Waals surface area contributed by atoms with Gasteiger partial charge in [-0.15, -0.1) is 11.3 Å². The number of ether oxygens (including phenoxy) is 1. The van der Waals surface area contributed by atoms with Gasteiger partial charge in [-0.3, -0.25) is 4.79 Å². The fraction of sp³-hybridized carbons (Fsp3) is 0.261. The topological polar surface area (TPSA) is 92.3 Å². The maximum Gasteiger partial charge on any atom is 0.319 e. The molecular formula is C23H26N4O3S. The predicted octanol–water partition coefficient (Wildman–Crippen LogP) is 4.67. The van der Waals surface area contributed by atoms with Crippen molar-refractivity contribution in [3.63, 3.8) is 0 Å².